The molecule has 0 radical (unpaired) electrons. The van der Waals surface area contributed by atoms with Crippen LogP contribution in [0.5, 0.6) is 0 Å². The summed E-state index contributed by atoms with van der Waals surface area (Å²) < 4.78 is 0. The zero-order valence-electron chi connectivity index (χ0n) is 10.2. The number of likely N-dealkylation sites (N-methyl/N-ethyl adjacent to an activating group) is 1. The third-order valence-corrected chi connectivity index (χ3v) is 2.80. The van der Waals surface area contributed by atoms with E-state index in [1.54, 1.807) is 0 Å². The molecule has 0 aromatic heterocycles. The van der Waals surface area contributed by atoms with Gasteiger partial charge in [0.2, 0.25) is 0 Å². The molecule has 0 atom stereocenters. The first kappa shape index (κ1) is 14.4. The molecule has 0 aliphatic heterocycles. The monoisotopic (exact) mass is 215 g/mol. The number of nitrogens with two attached hydrogens (primary N) is 1. The van der Waals surface area contributed by atoms with Crippen molar-refractivity contribution in [1.29, 1.82) is 5.41 Å². The lowest BCUT2D eigenvalue weighted by Crippen LogP contribution is -2.31. The Morgan fingerprint density at radius 3 is 2.40 bits per heavy atom. The van der Waals surface area contributed by atoms with Crippen molar-refractivity contribution < 1.29 is 5.11 Å². The Morgan fingerprint density at radius 2 is 1.93 bits per heavy atom. The van der Waals surface area contributed by atoms with Crippen LogP contribution < -0.4 is 5.73 Å². The highest BCUT2D eigenvalue weighted by Gasteiger charge is 2.20. The van der Waals surface area contributed by atoms with Gasteiger partial charge in [-0.3, -0.25) is 5.41 Å². The highest BCUT2D eigenvalue weighted by atomic mass is 16.3. The second-order valence-corrected chi connectivity index (χ2v) is 4.78. The van der Waals surface area contributed by atoms with Gasteiger partial charge in [-0.2, -0.15) is 0 Å². The van der Waals surface area contributed by atoms with Crippen molar-refractivity contribution in [3.05, 3.63) is 0 Å². The van der Waals surface area contributed by atoms with E-state index >= 15 is 0 Å². The second-order valence-electron chi connectivity index (χ2n) is 4.78. The Balaban J connectivity index is 3.58. The molecule has 0 aliphatic rings. The van der Waals surface area contributed by atoms with Crippen LogP contribution in [-0.2, 0) is 0 Å². The number of amidine groups is 1. The number of aliphatic hydroxyl groups is 1. The summed E-state index contributed by atoms with van der Waals surface area (Å²) >= 11 is 0. The highest BCUT2D eigenvalue weighted by molar-refractivity contribution is 5.82. The lowest BCUT2D eigenvalue weighted by atomic mass is 9.86. The molecular weight excluding hydrogens is 190 g/mol. The normalized spacial score (nSPS) is 12.1. The van der Waals surface area contributed by atoms with Crippen LogP contribution in [0.3, 0.4) is 0 Å². The van der Waals surface area contributed by atoms with Crippen LogP contribution in [0.2, 0.25) is 0 Å². The third kappa shape index (κ3) is 6.47. The fourth-order valence-corrected chi connectivity index (χ4v) is 1.37. The van der Waals surface area contributed by atoms with Crippen LogP contribution in [0.25, 0.3) is 0 Å². The van der Waals surface area contributed by atoms with Gasteiger partial charge >= 0.3 is 0 Å². The zero-order valence-corrected chi connectivity index (χ0v) is 10.2. The van der Waals surface area contributed by atoms with E-state index in [2.05, 4.69) is 4.90 Å². The van der Waals surface area contributed by atoms with Crippen molar-refractivity contribution in [2.45, 2.75) is 33.1 Å². The van der Waals surface area contributed by atoms with Crippen molar-refractivity contribution in [3.63, 3.8) is 0 Å². The Morgan fingerprint density at radius 1 is 1.33 bits per heavy atom. The number of hydrogen-bond acceptors (Lipinski definition) is 3. The zero-order chi connectivity index (χ0) is 11.9. The average Bonchev–Trinajstić information content (AvgIpc) is 2.13. The van der Waals surface area contributed by atoms with E-state index in [0.29, 0.717) is 0 Å². The Hall–Kier alpha value is -0.610. The van der Waals surface area contributed by atoms with E-state index in [9.17, 15) is 0 Å². The van der Waals surface area contributed by atoms with Crippen LogP contribution >= 0.6 is 0 Å². The number of hydrogen-bond donors (Lipinski definition) is 3. The average molecular weight is 215 g/mol. The summed E-state index contributed by atoms with van der Waals surface area (Å²) in [6.45, 7) is 5.96. The van der Waals surface area contributed by atoms with Crippen molar-refractivity contribution >= 4 is 5.84 Å². The summed E-state index contributed by atoms with van der Waals surface area (Å²) in [4.78, 5) is 2.11. The lowest BCUT2D eigenvalue weighted by molar-refractivity contribution is 0.218. The molecule has 0 spiro atoms. The molecule has 0 aliphatic carbocycles. The Bertz CT molecular complexity index is 192. The van der Waals surface area contributed by atoms with Crippen LogP contribution in [0.15, 0.2) is 0 Å². The van der Waals surface area contributed by atoms with Crippen molar-refractivity contribution in [2.24, 2.45) is 11.1 Å². The number of unbranched alkanes of at least 4 members (excludes halogenated alkanes) is 1. The maximum atomic E-state index is 8.71. The molecule has 0 bridgehead atoms. The third-order valence-electron chi connectivity index (χ3n) is 2.80. The van der Waals surface area contributed by atoms with E-state index in [1.165, 1.54) is 0 Å². The van der Waals surface area contributed by atoms with E-state index in [4.69, 9.17) is 16.2 Å². The van der Waals surface area contributed by atoms with Gasteiger partial charge in [-0.15, -0.1) is 0 Å². The van der Waals surface area contributed by atoms with E-state index in [-0.39, 0.29) is 17.9 Å². The summed E-state index contributed by atoms with van der Waals surface area (Å²) in [6, 6.07) is 0. The van der Waals surface area contributed by atoms with Gasteiger partial charge in [-0.05, 0) is 26.4 Å². The van der Waals surface area contributed by atoms with Gasteiger partial charge in [0.25, 0.3) is 0 Å². The van der Waals surface area contributed by atoms with Gasteiger partial charge in [0.1, 0.15) is 0 Å². The molecule has 0 saturated carbocycles. The quantitative estimate of drug-likeness (QED) is 0.322. The SMILES string of the molecule is CN(CCO)CCCCC(C)(C)C(=N)N. The highest BCUT2D eigenvalue weighted by Crippen LogP contribution is 2.22. The molecule has 15 heavy (non-hydrogen) atoms. The predicted octanol–water partition coefficient (Wildman–Crippen LogP) is 1.04. The van der Waals surface area contributed by atoms with Gasteiger partial charge in [0.15, 0.2) is 0 Å². The number of nitrogens with zero attached hydrogens (tertiary/aromatic N) is 1. The van der Waals surface area contributed by atoms with E-state index < -0.39 is 0 Å². The molecule has 4 heteroatoms. The maximum absolute atomic E-state index is 8.71. The molecular formula is C11H25N3O. The van der Waals surface area contributed by atoms with Crippen LogP contribution in [0, 0.1) is 10.8 Å². The summed E-state index contributed by atoms with van der Waals surface area (Å²) in [5.74, 6) is 0.270. The first-order chi connectivity index (χ1) is 6.90. The number of nitrogens with one attached hydrogen (secondary N) is 1. The van der Waals surface area contributed by atoms with Gasteiger partial charge in [0, 0.05) is 12.0 Å². The van der Waals surface area contributed by atoms with Crippen molar-refractivity contribution in [3.8, 4) is 0 Å². The number of aliphatic hydroxyl groups excluding tert-OH is 1. The van der Waals surface area contributed by atoms with Gasteiger partial charge in [-0.25, -0.2) is 0 Å². The minimum atomic E-state index is -0.171. The smallest absolute Gasteiger partial charge is 0.0963 e. The van der Waals surface area contributed by atoms with Crippen molar-refractivity contribution in [1.82, 2.24) is 4.90 Å². The van der Waals surface area contributed by atoms with Gasteiger partial charge in [0.05, 0.1) is 12.4 Å². The number of rotatable bonds is 8. The van der Waals surface area contributed by atoms with E-state index in [1.807, 2.05) is 20.9 Å². The first-order valence-corrected chi connectivity index (χ1v) is 5.54. The van der Waals surface area contributed by atoms with Gasteiger partial charge in [-0.1, -0.05) is 20.3 Å². The lowest BCUT2D eigenvalue weighted by Gasteiger charge is -2.23. The standard InChI is InChI=1S/C11H25N3O/c1-11(2,10(12)13)6-4-5-7-14(3)8-9-15/h15H,4-9H2,1-3H3,(H3,12,13). The minimum Gasteiger partial charge on any atom is -0.395 e. The minimum absolute atomic E-state index is 0.171. The summed E-state index contributed by atoms with van der Waals surface area (Å²) in [5.41, 5.74) is 5.33. The molecule has 90 valence electrons. The molecule has 0 aromatic rings. The molecule has 0 aromatic carbocycles. The van der Waals surface area contributed by atoms with E-state index in [0.717, 1.165) is 32.4 Å². The fraction of sp³-hybridized carbons (Fsp3) is 0.909. The Labute approximate surface area is 93.0 Å². The maximum Gasteiger partial charge on any atom is 0.0963 e. The molecule has 4 nitrogen and oxygen atoms in total. The summed E-state index contributed by atoms with van der Waals surface area (Å²) in [6.07, 6.45) is 3.12. The second kappa shape index (κ2) is 6.80. The molecule has 0 heterocycles. The summed E-state index contributed by atoms with van der Waals surface area (Å²) in [7, 11) is 2.01. The summed E-state index contributed by atoms with van der Waals surface area (Å²) in [5, 5.41) is 16.1. The first-order valence-electron chi connectivity index (χ1n) is 5.54. The molecule has 0 amide bonds. The molecule has 0 saturated heterocycles. The largest absolute Gasteiger partial charge is 0.395 e. The molecule has 0 fully saturated rings. The van der Waals surface area contributed by atoms with Crippen LogP contribution in [0.4, 0.5) is 0 Å². The topological polar surface area (TPSA) is 73.3 Å². The predicted molar refractivity (Wildman–Crippen MR) is 64.1 cm³/mol. The fourth-order valence-electron chi connectivity index (χ4n) is 1.37. The van der Waals surface area contributed by atoms with Crippen molar-refractivity contribution in [2.75, 3.05) is 26.7 Å². The molecule has 0 unspecified atom stereocenters. The van der Waals surface area contributed by atoms with Crippen LogP contribution in [0.1, 0.15) is 33.1 Å². The molecule has 4 N–H and O–H groups in total. The van der Waals surface area contributed by atoms with Gasteiger partial charge < -0.3 is 15.7 Å². The Kier molecular flexibility index (Phi) is 6.52. The van der Waals surface area contributed by atoms with Crippen LogP contribution in [-0.4, -0.2) is 42.6 Å². The molecule has 0 rings (SSSR count).